The van der Waals surface area contributed by atoms with Gasteiger partial charge in [-0.05, 0) is 41.3 Å². The summed E-state index contributed by atoms with van der Waals surface area (Å²) in [7, 11) is 1.51. The van der Waals surface area contributed by atoms with Crippen LogP contribution in [0.2, 0.25) is 10.2 Å². The summed E-state index contributed by atoms with van der Waals surface area (Å²) in [6, 6.07) is 6.42. The number of nitrogens with zero attached hydrogens (tertiary/aromatic N) is 3. The van der Waals surface area contributed by atoms with Gasteiger partial charge in [0.15, 0.2) is 6.04 Å². The molecule has 0 N–H and O–H groups in total. The Bertz CT molecular complexity index is 978. The number of cyclic esters (lactones) is 1. The lowest BCUT2D eigenvalue weighted by Gasteiger charge is -2.27. The average molecular weight is 440 g/mol. The average Bonchev–Trinajstić information content (AvgIpc) is 3.03. The van der Waals surface area contributed by atoms with Crippen molar-refractivity contribution in [3.8, 4) is 0 Å². The summed E-state index contributed by atoms with van der Waals surface area (Å²) in [5.41, 5.74) is 0.999. The molecule has 1 atom stereocenters. The number of rotatable bonds is 3. The first-order valence-electron chi connectivity index (χ1n) is 8.85. The van der Waals surface area contributed by atoms with Gasteiger partial charge < -0.3 is 9.64 Å². The number of amides is 2. The van der Waals surface area contributed by atoms with Gasteiger partial charge in [0.25, 0.3) is 5.91 Å². The number of benzene rings is 1. The van der Waals surface area contributed by atoms with Gasteiger partial charge in [-0.1, -0.05) is 44.0 Å². The third-order valence-corrected chi connectivity index (χ3v) is 5.16. The van der Waals surface area contributed by atoms with Crippen molar-refractivity contribution in [2.24, 2.45) is 0 Å². The maximum absolute atomic E-state index is 13.4. The van der Waals surface area contributed by atoms with Gasteiger partial charge in [-0.15, -0.1) is 0 Å². The van der Waals surface area contributed by atoms with Crippen LogP contribution in [0.5, 0.6) is 0 Å². The standard InChI is InChI=1S/C20H20Cl2FN3O3/c1-20(2,3)11-7-16(22)24-17(8-11)26-15(10-29-19(26)28)18(27)25(4)12-5-6-14(23)13(21)9-12/h5-9,15H,10H2,1-4H3. The largest absolute Gasteiger partial charge is 0.446 e. The molecule has 2 heterocycles. The number of carbonyl (C=O) groups excluding carboxylic acids is 2. The van der Waals surface area contributed by atoms with Gasteiger partial charge in [-0.2, -0.15) is 0 Å². The molecule has 6 nitrogen and oxygen atoms in total. The Balaban J connectivity index is 1.95. The van der Waals surface area contributed by atoms with E-state index >= 15 is 0 Å². The number of halogens is 3. The topological polar surface area (TPSA) is 62.7 Å². The second-order valence-electron chi connectivity index (χ2n) is 7.75. The molecule has 2 aromatic rings. The van der Waals surface area contributed by atoms with Crippen LogP contribution in [0.1, 0.15) is 26.3 Å². The third-order valence-electron chi connectivity index (χ3n) is 4.67. The van der Waals surface area contributed by atoms with E-state index in [0.29, 0.717) is 5.69 Å². The zero-order valence-corrected chi connectivity index (χ0v) is 17.9. The fraction of sp³-hybridized carbons (Fsp3) is 0.350. The third kappa shape index (κ3) is 4.31. The van der Waals surface area contributed by atoms with Crippen molar-refractivity contribution in [1.82, 2.24) is 4.98 Å². The molecule has 0 bridgehead atoms. The lowest BCUT2D eigenvalue weighted by atomic mass is 9.87. The Hall–Kier alpha value is -2.38. The van der Waals surface area contributed by atoms with Crippen LogP contribution in [0.15, 0.2) is 30.3 Å². The first-order valence-corrected chi connectivity index (χ1v) is 9.61. The monoisotopic (exact) mass is 439 g/mol. The Labute approximate surface area is 178 Å². The highest BCUT2D eigenvalue weighted by Gasteiger charge is 2.42. The number of hydrogen-bond acceptors (Lipinski definition) is 4. The van der Waals surface area contributed by atoms with E-state index in [4.69, 9.17) is 27.9 Å². The van der Waals surface area contributed by atoms with Crippen molar-refractivity contribution >= 4 is 46.7 Å². The van der Waals surface area contributed by atoms with Crippen LogP contribution in [0.3, 0.4) is 0 Å². The van der Waals surface area contributed by atoms with Gasteiger partial charge in [0.1, 0.15) is 23.4 Å². The van der Waals surface area contributed by atoms with Crippen LogP contribution in [-0.2, 0) is 14.9 Å². The van der Waals surface area contributed by atoms with E-state index in [9.17, 15) is 14.0 Å². The first kappa shape index (κ1) is 21.3. The quantitative estimate of drug-likeness (QED) is 0.643. The number of ether oxygens (including phenoxy) is 1. The molecular weight excluding hydrogens is 420 g/mol. The molecule has 0 spiro atoms. The summed E-state index contributed by atoms with van der Waals surface area (Å²) in [6.45, 7) is 5.86. The van der Waals surface area contributed by atoms with E-state index < -0.39 is 23.9 Å². The zero-order valence-electron chi connectivity index (χ0n) is 16.4. The first-order chi connectivity index (χ1) is 13.5. The molecule has 29 heavy (non-hydrogen) atoms. The minimum Gasteiger partial charge on any atom is -0.446 e. The molecule has 1 saturated heterocycles. The van der Waals surface area contributed by atoms with Crippen LogP contribution in [0.25, 0.3) is 0 Å². The molecule has 0 radical (unpaired) electrons. The predicted molar refractivity (Wildman–Crippen MR) is 110 cm³/mol. The van der Waals surface area contributed by atoms with Gasteiger partial charge in [-0.25, -0.2) is 19.1 Å². The predicted octanol–water partition coefficient (Wildman–Crippen LogP) is 4.81. The van der Waals surface area contributed by atoms with Gasteiger partial charge in [-0.3, -0.25) is 4.79 Å². The van der Waals surface area contributed by atoms with Gasteiger partial charge in [0.05, 0.1) is 5.02 Å². The fourth-order valence-electron chi connectivity index (χ4n) is 2.94. The van der Waals surface area contributed by atoms with Crippen LogP contribution in [0, 0.1) is 5.82 Å². The molecule has 0 aliphatic carbocycles. The summed E-state index contributed by atoms with van der Waals surface area (Å²) in [4.78, 5) is 32.2. The molecule has 3 rings (SSSR count). The molecule has 1 aliphatic rings. The zero-order chi connectivity index (χ0) is 21.5. The minimum atomic E-state index is -0.949. The maximum atomic E-state index is 13.4. The maximum Gasteiger partial charge on any atom is 0.416 e. The molecule has 1 aromatic heterocycles. The molecule has 1 unspecified atom stereocenters. The lowest BCUT2D eigenvalue weighted by Crippen LogP contribution is -2.47. The Morgan fingerprint density at radius 3 is 2.59 bits per heavy atom. The summed E-state index contributed by atoms with van der Waals surface area (Å²) < 4.78 is 18.6. The summed E-state index contributed by atoms with van der Waals surface area (Å²) in [5.74, 6) is -0.790. The van der Waals surface area contributed by atoms with Gasteiger partial charge in [0, 0.05) is 12.7 Å². The van der Waals surface area contributed by atoms with Crippen LogP contribution >= 0.6 is 23.2 Å². The van der Waals surface area contributed by atoms with Crippen LogP contribution in [-0.4, -0.2) is 36.7 Å². The van der Waals surface area contributed by atoms with Gasteiger partial charge >= 0.3 is 6.09 Å². The molecule has 1 aliphatic heterocycles. The number of pyridine rings is 1. The molecule has 154 valence electrons. The second-order valence-corrected chi connectivity index (χ2v) is 8.54. The summed E-state index contributed by atoms with van der Waals surface area (Å²) >= 11 is 12.0. The number of anilines is 2. The molecule has 1 aromatic carbocycles. The van der Waals surface area contributed by atoms with Crippen molar-refractivity contribution in [2.45, 2.75) is 32.2 Å². The number of likely N-dealkylation sites (N-methyl/N-ethyl adjacent to an activating group) is 1. The summed E-state index contributed by atoms with van der Waals surface area (Å²) in [5, 5.41) is 0.0982. The van der Waals surface area contributed by atoms with Crippen molar-refractivity contribution in [3.05, 3.63) is 51.9 Å². The highest BCUT2D eigenvalue weighted by atomic mass is 35.5. The number of hydrogen-bond donors (Lipinski definition) is 0. The highest BCUT2D eigenvalue weighted by Crippen LogP contribution is 2.31. The lowest BCUT2D eigenvalue weighted by molar-refractivity contribution is -0.119. The normalized spacial score (nSPS) is 16.7. The Kier molecular flexibility index (Phi) is 5.74. The number of carbonyl (C=O) groups is 2. The van der Waals surface area contributed by atoms with Gasteiger partial charge in [0.2, 0.25) is 0 Å². The molecule has 0 saturated carbocycles. The van der Waals surface area contributed by atoms with E-state index in [2.05, 4.69) is 4.98 Å². The number of aromatic nitrogens is 1. The Morgan fingerprint density at radius 1 is 1.28 bits per heavy atom. The van der Waals surface area contributed by atoms with Crippen molar-refractivity contribution in [3.63, 3.8) is 0 Å². The molecule has 9 heteroatoms. The fourth-order valence-corrected chi connectivity index (χ4v) is 3.32. The van der Waals surface area contributed by atoms with Crippen LogP contribution < -0.4 is 9.80 Å². The Morgan fingerprint density at radius 2 is 1.97 bits per heavy atom. The molecule has 1 fully saturated rings. The summed E-state index contributed by atoms with van der Waals surface area (Å²) in [6.07, 6.45) is -0.691. The van der Waals surface area contributed by atoms with E-state index in [-0.39, 0.29) is 28.0 Å². The molecule has 2 amide bonds. The minimum absolute atomic E-state index is 0.107. The van der Waals surface area contributed by atoms with E-state index in [1.54, 1.807) is 12.1 Å². The van der Waals surface area contributed by atoms with Crippen molar-refractivity contribution < 1.29 is 18.7 Å². The molecular formula is C20H20Cl2FN3O3. The smallest absolute Gasteiger partial charge is 0.416 e. The highest BCUT2D eigenvalue weighted by molar-refractivity contribution is 6.31. The second kappa shape index (κ2) is 7.80. The van der Waals surface area contributed by atoms with Crippen LogP contribution in [0.4, 0.5) is 20.7 Å². The van der Waals surface area contributed by atoms with Crippen molar-refractivity contribution in [1.29, 1.82) is 0 Å². The van der Waals surface area contributed by atoms with Crippen molar-refractivity contribution in [2.75, 3.05) is 23.5 Å². The SMILES string of the molecule is CN(C(=O)C1COC(=O)N1c1cc(C(C)(C)C)cc(Cl)n1)c1ccc(F)c(Cl)c1. The van der Waals surface area contributed by atoms with E-state index in [0.717, 1.165) is 5.56 Å². The van der Waals surface area contributed by atoms with E-state index in [1.165, 1.54) is 35.0 Å². The van der Waals surface area contributed by atoms with E-state index in [1.807, 2.05) is 20.8 Å².